The molecule has 0 spiro atoms. The molecule has 0 unspecified atom stereocenters. The zero-order valence-corrected chi connectivity index (χ0v) is 27.1. The number of nitrogens with zero attached hydrogens (tertiary/aromatic N) is 2. The maximum atomic E-state index is 14.1. The Balaban J connectivity index is 2.14. The van der Waals surface area contributed by atoms with Crippen LogP contribution in [0.3, 0.4) is 0 Å². The Hall–Kier alpha value is -2.99. The Morgan fingerprint density at radius 3 is 2.16 bits per heavy atom. The highest BCUT2D eigenvalue weighted by atomic mass is 35.5. The predicted molar refractivity (Wildman–Crippen MR) is 167 cm³/mol. The number of rotatable bonds is 12. The van der Waals surface area contributed by atoms with Crippen molar-refractivity contribution in [2.75, 3.05) is 23.7 Å². The number of benzene rings is 3. The average molecular weight is 693 g/mol. The third-order valence-corrected chi connectivity index (χ3v) is 8.57. The normalized spacial score (nSPS) is 12.6. The molecule has 0 aliphatic carbocycles. The van der Waals surface area contributed by atoms with Crippen LogP contribution in [-0.2, 0) is 38.8 Å². The highest BCUT2D eigenvalue weighted by Crippen LogP contribution is 2.36. The molecule has 44 heavy (non-hydrogen) atoms. The molecule has 238 valence electrons. The van der Waals surface area contributed by atoms with Gasteiger partial charge in [-0.2, -0.15) is 13.2 Å². The summed E-state index contributed by atoms with van der Waals surface area (Å²) in [5.74, 6) is -1.31. The summed E-state index contributed by atoms with van der Waals surface area (Å²) in [4.78, 5) is 28.9. The van der Waals surface area contributed by atoms with Crippen LogP contribution < -0.4 is 9.62 Å². The summed E-state index contributed by atoms with van der Waals surface area (Å²) in [6, 6.07) is 14.4. The van der Waals surface area contributed by atoms with Gasteiger partial charge in [-0.05, 0) is 47.4 Å². The molecule has 0 fully saturated rings. The number of hydrogen-bond acceptors (Lipinski definition) is 4. The largest absolute Gasteiger partial charge is 0.416 e. The van der Waals surface area contributed by atoms with Crippen molar-refractivity contribution in [3.8, 4) is 0 Å². The molecule has 0 saturated carbocycles. The number of alkyl halides is 3. The molecule has 7 nitrogen and oxygen atoms in total. The fourth-order valence-electron chi connectivity index (χ4n) is 4.28. The molecule has 0 aliphatic heterocycles. The lowest BCUT2D eigenvalue weighted by atomic mass is 10.0. The van der Waals surface area contributed by atoms with E-state index in [2.05, 4.69) is 5.32 Å². The number of halogens is 6. The number of carbonyl (C=O) groups is 2. The summed E-state index contributed by atoms with van der Waals surface area (Å²) < 4.78 is 67.0. The smallest absolute Gasteiger partial charge is 0.354 e. The van der Waals surface area contributed by atoms with E-state index in [9.17, 15) is 31.2 Å². The van der Waals surface area contributed by atoms with Crippen molar-refractivity contribution in [3.63, 3.8) is 0 Å². The minimum Gasteiger partial charge on any atom is -0.354 e. The Morgan fingerprint density at radius 1 is 0.932 bits per heavy atom. The van der Waals surface area contributed by atoms with E-state index in [0.717, 1.165) is 17.2 Å². The van der Waals surface area contributed by atoms with Crippen molar-refractivity contribution in [2.24, 2.45) is 5.92 Å². The molecule has 2 amide bonds. The second-order valence-corrected chi connectivity index (χ2v) is 13.7. The SMILES string of the molecule is CC(C)CNC(=O)[C@H](Cc1ccccc1)N(Cc1ccc(Cl)cc1Cl)C(=O)CN(c1cc(C(F)(F)F)ccc1Cl)S(C)(=O)=O. The van der Waals surface area contributed by atoms with E-state index in [1.807, 2.05) is 13.8 Å². The number of anilines is 1. The third kappa shape index (κ3) is 9.76. The first-order chi connectivity index (χ1) is 20.5. The number of hydrogen-bond donors (Lipinski definition) is 1. The quantitative estimate of drug-likeness (QED) is 0.225. The van der Waals surface area contributed by atoms with Gasteiger partial charge in [-0.1, -0.05) is 85.0 Å². The summed E-state index contributed by atoms with van der Waals surface area (Å²) in [6.07, 6.45) is -4.02. The lowest BCUT2D eigenvalue weighted by Crippen LogP contribution is -2.53. The van der Waals surface area contributed by atoms with Crippen molar-refractivity contribution in [1.29, 1.82) is 0 Å². The summed E-state index contributed by atoms with van der Waals surface area (Å²) in [5.41, 5.74) is -0.580. The minimum atomic E-state index is -4.81. The first-order valence-electron chi connectivity index (χ1n) is 13.4. The highest BCUT2D eigenvalue weighted by Gasteiger charge is 2.36. The standard InChI is InChI=1S/C30H31Cl3F3N3O4S/c1-19(2)16-37-29(41)27(13-20-7-5-4-6-8-20)38(17-21-9-11-23(31)15-25(21)33)28(40)18-39(44(3,42)43)26-14-22(30(34,35)36)10-12-24(26)32/h4-12,14-15,19,27H,13,16-18H2,1-3H3,(H,37,41)/t27-/m0/s1. The van der Waals surface area contributed by atoms with E-state index in [1.54, 1.807) is 42.5 Å². The summed E-state index contributed by atoms with van der Waals surface area (Å²) >= 11 is 18.7. The van der Waals surface area contributed by atoms with Crippen LogP contribution in [0.25, 0.3) is 0 Å². The summed E-state index contributed by atoms with van der Waals surface area (Å²) in [6.45, 7) is 2.89. The van der Waals surface area contributed by atoms with Crippen molar-refractivity contribution < 1.29 is 31.2 Å². The van der Waals surface area contributed by atoms with E-state index >= 15 is 0 Å². The van der Waals surface area contributed by atoms with Gasteiger partial charge in [0.15, 0.2) is 0 Å². The van der Waals surface area contributed by atoms with E-state index in [4.69, 9.17) is 34.8 Å². The van der Waals surface area contributed by atoms with Crippen LogP contribution in [0.5, 0.6) is 0 Å². The molecule has 3 rings (SSSR count). The molecule has 0 saturated heterocycles. The molecular weight excluding hydrogens is 662 g/mol. The van der Waals surface area contributed by atoms with Crippen LogP contribution in [0.15, 0.2) is 66.7 Å². The van der Waals surface area contributed by atoms with Crippen LogP contribution in [-0.4, -0.2) is 50.5 Å². The van der Waals surface area contributed by atoms with E-state index in [1.165, 1.54) is 6.07 Å². The fraction of sp³-hybridized carbons (Fsp3) is 0.333. The average Bonchev–Trinajstić information content (AvgIpc) is 2.93. The van der Waals surface area contributed by atoms with Crippen LogP contribution in [0.4, 0.5) is 18.9 Å². The second-order valence-electron chi connectivity index (χ2n) is 10.5. The van der Waals surface area contributed by atoms with Gasteiger partial charge in [0.05, 0.1) is 22.5 Å². The lowest BCUT2D eigenvalue weighted by Gasteiger charge is -2.34. The first kappa shape index (κ1) is 35.5. The Labute approximate surface area is 269 Å². The molecule has 1 atom stereocenters. The molecule has 0 aliphatic rings. The van der Waals surface area contributed by atoms with Crippen LogP contribution in [0, 0.1) is 5.92 Å². The van der Waals surface area contributed by atoms with Crippen LogP contribution in [0.2, 0.25) is 15.1 Å². The summed E-state index contributed by atoms with van der Waals surface area (Å²) in [5, 5.41) is 3.03. The van der Waals surface area contributed by atoms with Gasteiger partial charge in [0.1, 0.15) is 12.6 Å². The molecule has 0 aromatic heterocycles. The van der Waals surface area contributed by atoms with Crippen molar-refractivity contribution in [3.05, 3.63) is 98.5 Å². The molecular formula is C30H31Cl3F3N3O4S. The monoisotopic (exact) mass is 691 g/mol. The van der Waals surface area contributed by atoms with Crippen LogP contribution in [0.1, 0.15) is 30.5 Å². The van der Waals surface area contributed by atoms with E-state index in [0.29, 0.717) is 39.1 Å². The van der Waals surface area contributed by atoms with Gasteiger partial charge < -0.3 is 10.2 Å². The van der Waals surface area contributed by atoms with Crippen molar-refractivity contribution in [2.45, 2.75) is 39.0 Å². The number of sulfonamides is 1. The number of amides is 2. The number of carbonyl (C=O) groups excluding carboxylic acids is 2. The molecule has 0 heterocycles. The first-order valence-corrected chi connectivity index (χ1v) is 16.3. The van der Waals surface area contributed by atoms with Gasteiger partial charge in [0.25, 0.3) is 0 Å². The zero-order chi connectivity index (χ0) is 32.8. The maximum Gasteiger partial charge on any atom is 0.416 e. The van der Waals surface area contributed by atoms with Crippen molar-refractivity contribution in [1.82, 2.24) is 10.2 Å². The van der Waals surface area contributed by atoms with Gasteiger partial charge in [0.2, 0.25) is 21.8 Å². The van der Waals surface area contributed by atoms with Gasteiger partial charge in [0, 0.05) is 29.6 Å². The van der Waals surface area contributed by atoms with E-state index < -0.39 is 51.9 Å². The summed E-state index contributed by atoms with van der Waals surface area (Å²) in [7, 11) is -4.35. The zero-order valence-electron chi connectivity index (χ0n) is 24.0. The Morgan fingerprint density at radius 2 is 1.59 bits per heavy atom. The second kappa shape index (κ2) is 14.9. The fourth-order valence-corrected chi connectivity index (χ4v) is 5.88. The molecule has 14 heteroatoms. The number of nitrogens with one attached hydrogen (secondary N) is 1. The minimum absolute atomic E-state index is 0.0465. The molecule has 3 aromatic carbocycles. The predicted octanol–water partition coefficient (Wildman–Crippen LogP) is 6.84. The van der Waals surface area contributed by atoms with E-state index in [-0.39, 0.29) is 28.9 Å². The maximum absolute atomic E-state index is 14.1. The van der Waals surface area contributed by atoms with Gasteiger partial charge in [-0.3, -0.25) is 13.9 Å². The third-order valence-electron chi connectivity index (χ3n) is 6.53. The molecule has 1 N–H and O–H groups in total. The topological polar surface area (TPSA) is 86.8 Å². The van der Waals surface area contributed by atoms with Crippen LogP contribution >= 0.6 is 34.8 Å². The molecule has 0 radical (unpaired) electrons. The molecule has 0 bridgehead atoms. The Bertz CT molecular complexity index is 1590. The molecule has 3 aromatic rings. The van der Waals surface area contributed by atoms with Gasteiger partial charge >= 0.3 is 6.18 Å². The highest BCUT2D eigenvalue weighted by molar-refractivity contribution is 7.92. The Kier molecular flexibility index (Phi) is 12.0. The lowest BCUT2D eigenvalue weighted by molar-refractivity contribution is -0.140. The van der Waals surface area contributed by atoms with Gasteiger partial charge in [-0.15, -0.1) is 0 Å². The van der Waals surface area contributed by atoms with Crippen molar-refractivity contribution >= 4 is 62.3 Å². The van der Waals surface area contributed by atoms with Gasteiger partial charge in [-0.25, -0.2) is 8.42 Å².